The predicted octanol–water partition coefficient (Wildman–Crippen LogP) is 3.32. The second kappa shape index (κ2) is 6.20. The Kier molecular flexibility index (Phi) is 4.29. The van der Waals surface area contributed by atoms with Gasteiger partial charge >= 0.3 is 0 Å². The number of amides is 1. The Balaban J connectivity index is 1.84. The molecule has 1 aliphatic rings. The normalized spacial score (nSPS) is 15.2. The van der Waals surface area contributed by atoms with Gasteiger partial charge in [-0.05, 0) is 50.5 Å². The van der Waals surface area contributed by atoms with Crippen molar-refractivity contribution in [3.63, 3.8) is 0 Å². The minimum absolute atomic E-state index is 0.121. The van der Waals surface area contributed by atoms with Gasteiger partial charge in [-0.15, -0.1) is 5.10 Å². The van der Waals surface area contributed by atoms with E-state index in [1.54, 1.807) is 4.68 Å². The van der Waals surface area contributed by atoms with Crippen LogP contribution < -0.4 is 5.32 Å². The zero-order valence-corrected chi connectivity index (χ0v) is 14.4. The first-order chi connectivity index (χ1) is 10.6. The van der Waals surface area contributed by atoms with Crippen molar-refractivity contribution in [1.82, 2.24) is 20.3 Å². The van der Waals surface area contributed by atoms with Crippen LogP contribution in [-0.2, 0) is 0 Å². The number of benzene rings is 1. The molecule has 6 heteroatoms. The lowest BCUT2D eigenvalue weighted by molar-refractivity contribution is 0.0932. The third-order valence-corrected chi connectivity index (χ3v) is 5.08. The van der Waals surface area contributed by atoms with Crippen molar-refractivity contribution < 1.29 is 4.79 Å². The number of carbonyl (C=O) groups excluding carboxylic acids is 1. The molecule has 5 nitrogen and oxygen atoms in total. The van der Waals surface area contributed by atoms with Gasteiger partial charge in [0.15, 0.2) is 5.69 Å². The molecule has 2 aromatic rings. The third-order valence-electron chi connectivity index (χ3n) is 4.19. The summed E-state index contributed by atoms with van der Waals surface area (Å²) in [6.45, 7) is 3.90. The van der Waals surface area contributed by atoms with Gasteiger partial charge in [-0.3, -0.25) is 4.79 Å². The SMILES string of the molecule is Cc1cc(-n2nnc(C(=O)NC3CCCC3)c2C)ccc1Br. The quantitative estimate of drug-likeness (QED) is 0.910. The highest BCUT2D eigenvalue weighted by molar-refractivity contribution is 9.10. The summed E-state index contributed by atoms with van der Waals surface area (Å²) in [6.07, 6.45) is 4.50. The van der Waals surface area contributed by atoms with E-state index in [9.17, 15) is 4.79 Å². The van der Waals surface area contributed by atoms with Gasteiger partial charge in [-0.2, -0.15) is 0 Å². The van der Waals surface area contributed by atoms with E-state index in [2.05, 4.69) is 31.6 Å². The van der Waals surface area contributed by atoms with Crippen molar-refractivity contribution >= 4 is 21.8 Å². The molecule has 1 N–H and O–H groups in total. The molecule has 116 valence electrons. The van der Waals surface area contributed by atoms with Crippen LogP contribution in [0.5, 0.6) is 0 Å². The monoisotopic (exact) mass is 362 g/mol. The van der Waals surface area contributed by atoms with Gasteiger partial charge in [-0.25, -0.2) is 4.68 Å². The number of halogens is 1. The number of aryl methyl sites for hydroxylation is 1. The van der Waals surface area contributed by atoms with Crippen molar-refractivity contribution in [2.24, 2.45) is 0 Å². The van der Waals surface area contributed by atoms with E-state index in [4.69, 9.17) is 0 Å². The molecule has 0 unspecified atom stereocenters. The standard InChI is InChI=1S/C16H19BrN4O/c1-10-9-13(7-8-14(10)17)21-11(2)15(19-20-21)16(22)18-12-5-3-4-6-12/h7-9,12H,3-6H2,1-2H3,(H,18,22). The summed E-state index contributed by atoms with van der Waals surface area (Å²) < 4.78 is 2.76. The molecule has 0 atom stereocenters. The summed E-state index contributed by atoms with van der Waals surface area (Å²) in [7, 11) is 0. The van der Waals surface area contributed by atoms with E-state index >= 15 is 0 Å². The van der Waals surface area contributed by atoms with E-state index in [1.165, 1.54) is 12.8 Å². The summed E-state index contributed by atoms with van der Waals surface area (Å²) in [5, 5.41) is 11.3. The summed E-state index contributed by atoms with van der Waals surface area (Å²) >= 11 is 3.49. The van der Waals surface area contributed by atoms with Crippen molar-refractivity contribution in [3.05, 3.63) is 39.6 Å². The van der Waals surface area contributed by atoms with Gasteiger partial charge in [-0.1, -0.05) is 34.0 Å². The second-order valence-corrected chi connectivity index (χ2v) is 6.68. The van der Waals surface area contributed by atoms with Crippen molar-refractivity contribution in [2.75, 3.05) is 0 Å². The summed E-state index contributed by atoms with van der Waals surface area (Å²) in [5.74, 6) is -0.121. The van der Waals surface area contributed by atoms with Crippen LogP contribution in [0.4, 0.5) is 0 Å². The van der Waals surface area contributed by atoms with Gasteiger partial charge in [0.1, 0.15) is 0 Å². The molecule has 0 saturated heterocycles. The summed E-state index contributed by atoms with van der Waals surface area (Å²) in [6, 6.07) is 6.23. The Morgan fingerprint density at radius 3 is 2.73 bits per heavy atom. The maximum atomic E-state index is 12.4. The first-order valence-electron chi connectivity index (χ1n) is 7.56. The number of hydrogen-bond donors (Lipinski definition) is 1. The molecule has 1 amide bonds. The Bertz CT molecular complexity index is 704. The minimum Gasteiger partial charge on any atom is -0.348 e. The van der Waals surface area contributed by atoms with Gasteiger partial charge in [0.25, 0.3) is 5.91 Å². The van der Waals surface area contributed by atoms with Crippen molar-refractivity contribution in [1.29, 1.82) is 0 Å². The number of nitrogens with zero attached hydrogens (tertiary/aromatic N) is 3. The average molecular weight is 363 g/mol. The largest absolute Gasteiger partial charge is 0.348 e. The van der Waals surface area contributed by atoms with Crippen LogP contribution in [0, 0.1) is 13.8 Å². The van der Waals surface area contributed by atoms with Crippen LogP contribution in [0.2, 0.25) is 0 Å². The molecule has 0 bridgehead atoms. The molecule has 3 rings (SSSR count). The highest BCUT2D eigenvalue weighted by Gasteiger charge is 2.22. The van der Waals surface area contributed by atoms with Crippen molar-refractivity contribution in [2.45, 2.75) is 45.6 Å². The Morgan fingerprint density at radius 2 is 2.05 bits per heavy atom. The van der Waals surface area contributed by atoms with E-state index in [-0.39, 0.29) is 11.9 Å². The van der Waals surface area contributed by atoms with Gasteiger partial charge < -0.3 is 5.32 Å². The molecular formula is C16H19BrN4O. The lowest BCUT2D eigenvalue weighted by atomic mass is 10.2. The zero-order valence-electron chi connectivity index (χ0n) is 12.8. The molecule has 1 saturated carbocycles. The maximum absolute atomic E-state index is 12.4. The molecule has 0 radical (unpaired) electrons. The molecular weight excluding hydrogens is 344 g/mol. The fourth-order valence-corrected chi connectivity index (χ4v) is 3.12. The van der Waals surface area contributed by atoms with Crippen LogP contribution in [0.25, 0.3) is 5.69 Å². The smallest absolute Gasteiger partial charge is 0.273 e. The summed E-state index contributed by atoms with van der Waals surface area (Å²) in [5.41, 5.74) is 3.19. The van der Waals surface area contributed by atoms with E-state index < -0.39 is 0 Å². The fourth-order valence-electron chi connectivity index (χ4n) is 2.87. The minimum atomic E-state index is -0.121. The van der Waals surface area contributed by atoms with Gasteiger partial charge in [0, 0.05) is 10.5 Å². The lowest BCUT2D eigenvalue weighted by Gasteiger charge is -2.10. The number of rotatable bonds is 3. The molecule has 22 heavy (non-hydrogen) atoms. The van der Waals surface area contributed by atoms with E-state index in [0.29, 0.717) is 5.69 Å². The third kappa shape index (κ3) is 2.92. The predicted molar refractivity (Wildman–Crippen MR) is 88.3 cm³/mol. The molecule has 0 aliphatic heterocycles. The molecule has 0 spiro atoms. The average Bonchev–Trinajstić information content (AvgIpc) is 3.11. The Morgan fingerprint density at radius 1 is 1.32 bits per heavy atom. The van der Waals surface area contributed by atoms with Gasteiger partial charge in [0.05, 0.1) is 11.4 Å². The Hall–Kier alpha value is -1.69. The topological polar surface area (TPSA) is 59.8 Å². The van der Waals surface area contributed by atoms with E-state index in [1.807, 2.05) is 32.0 Å². The molecule has 1 aliphatic carbocycles. The van der Waals surface area contributed by atoms with E-state index in [0.717, 1.165) is 34.3 Å². The number of nitrogens with one attached hydrogen (secondary N) is 1. The highest BCUT2D eigenvalue weighted by Crippen LogP contribution is 2.21. The molecule has 1 heterocycles. The molecule has 1 fully saturated rings. The highest BCUT2D eigenvalue weighted by atomic mass is 79.9. The van der Waals surface area contributed by atoms with Crippen molar-refractivity contribution in [3.8, 4) is 5.69 Å². The fraction of sp³-hybridized carbons (Fsp3) is 0.438. The van der Waals surface area contributed by atoms with Gasteiger partial charge in [0.2, 0.25) is 0 Å². The lowest BCUT2D eigenvalue weighted by Crippen LogP contribution is -2.33. The number of aromatic nitrogens is 3. The van der Waals surface area contributed by atoms with Crippen LogP contribution in [0.3, 0.4) is 0 Å². The first-order valence-corrected chi connectivity index (χ1v) is 8.35. The molecule has 1 aromatic heterocycles. The summed E-state index contributed by atoms with van der Waals surface area (Å²) in [4.78, 5) is 12.4. The Labute approximate surface area is 138 Å². The zero-order chi connectivity index (χ0) is 15.7. The van der Waals surface area contributed by atoms with Crippen LogP contribution in [0.1, 0.15) is 47.4 Å². The second-order valence-electron chi connectivity index (χ2n) is 5.82. The van der Waals surface area contributed by atoms with Crippen LogP contribution in [-0.4, -0.2) is 26.9 Å². The maximum Gasteiger partial charge on any atom is 0.273 e. The van der Waals surface area contributed by atoms with Crippen LogP contribution in [0.15, 0.2) is 22.7 Å². The van der Waals surface area contributed by atoms with Crippen LogP contribution >= 0.6 is 15.9 Å². The number of hydrogen-bond acceptors (Lipinski definition) is 3. The molecule has 1 aromatic carbocycles. The number of carbonyl (C=O) groups is 1. The first kappa shape index (κ1) is 15.2.